The van der Waals surface area contributed by atoms with Gasteiger partial charge in [-0.3, -0.25) is 0 Å². The van der Waals surface area contributed by atoms with E-state index in [1.54, 1.807) is 6.33 Å². The monoisotopic (exact) mass is 398 g/mol. The van der Waals surface area contributed by atoms with Crippen molar-refractivity contribution in [3.63, 3.8) is 0 Å². The van der Waals surface area contributed by atoms with Crippen molar-refractivity contribution in [2.75, 3.05) is 24.6 Å². The predicted molar refractivity (Wildman–Crippen MR) is 115 cm³/mol. The Morgan fingerprint density at radius 3 is 2.44 bits per heavy atom. The van der Waals surface area contributed by atoms with E-state index in [-0.39, 0.29) is 4.87 Å². The van der Waals surface area contributed by atoms with Crippen molar-refractivity contribution in [1.29, 1.82) is 0 Å². The Labute approximate surface area is 171 Å². The minimum atomic E-state index is -0.253. The maximum Gasteiger partial charge on any atom is 0.321 e. The van der Waals surface area contributed by atoms with Crippen molar-refractivity contribution in [3.8, 4) is 6.01 Å². The molecule has 0 aromatic carbocycles. The van der Waals surface area contributed by atoms with Gasteiger partial charge >= 0.3 is 6.01 Å². The molecule has 27 heavy (non-hydrogen) atoms. The number of hydrogen-bond donors (Lipinski definition) is 0. The van der Waals surface area contributed by atoms with Gasteiger partial charge in [-0.25, -0.2) is 4.98 Å². The molecule has 156 valence electrons. The summed E-state index contributed by atoms with van der Waals surface area (Å²) in [5, 5.41) is 0. The second kappa shape index (κ2) is 13.1. The molecule has 0 saturated heterocycles. The van der Waals surface area contributed by atoms with E-state index >= 15 is 0 Å². The molecular formula is C21H39ClN4O. The van der Waals surface area contributed by atoms with Crippen LogP contribution in [0.4, 0.5) is 5.95 Å². The fourth-order valence-corrected chi connectivity index (χ4v) is 3.55. The Hall–Kier alpha value is -1.10. The van der Waals surface area contributed by atoms with Crippen molar-refractivity contribution in [2.45, 2.75) is 90.9 Å². The summed E-state index contributed by atoms with van der Waals surface area (Å²) in [4.78, 5) is 15.1. The molecule has 2 atom stereocenters. The first-order chi connectivity index (χ1) is 13.0. The van der Waals surface area contributed by atoms with Crippen LogP contribution in [0.25, 0.3) is 0 Å². The third-order valence-corrected chi connectivity index (χ3v) is 5.78. The van der Waals surface area contributed by atoms with Gasteiger partial charge in [0, 0.05) is 13.1 Å². The first kappa shape index (κ1) is 23.9. The summed E-state index contributed by atoms with van der Waals surface area (Å²) in [6.45, 7) is 13.1. The second-order valence-corrected chi connectivity index (χ2v) is 8.21. The van der Waals surface area contributed by atoms with Gasteiger partial charge in [0.2, 0.25) is 5.95 Å². The SMILES string of the molecule is CCCCC(CC)CN(CC(Cl)(CC)CCCC)c1ncnc(OCC)n1. The summed E-state index contributed by atoms with van der Waals surface area (Å²) in [5.74, 6) is 1.29. The average molecular weight is 399 g/mol. The zero-order chi connectivity index (χ0) is 20.1. The van der Waals surface area contributed by atoms with E-state index < -0.39 is 0 Å². The summed E-state index contributed by atoms with van der Waals surface area (Å²) in [7, 11) is 0. The Morgan fingerprint density at radius 1 is 1.11 bits per heavy atom. The number of anilines is 1. The maximum atomic E-state index is 7.03. The van der Waals surface area contributed by atoms with E-state index in [1.165, 1.54) is 19.3 Å². The molecule has 0 fully saturated rings. The number of hydrogen-bond acceptors (Lipinski definition) is 5. The first-order valence-electron chi connectivity index (χ1n) is 10.8. The van der Waals surface area contributed by atoms with E-state index in [9.17, 15) is 0 Å². The molecule has 1 aromatic rings. The fraction of sp³-hybridized carbons (Fsp3) is 0.857. The summed E-state index contributed by atoms with van der Waals surface area (Å²) in [6, 6.07) is 0.388. The molecular weight excluding hydrogens is 360 g/mol. The summed E-state index contributed by atoms with van der Waals surface area (Å²) in [5.41, 5.74) is 0. The molecule has 0 bridgehead atoms. The van der Waals surface area contributed by atoms with Gasteiger partial charge in [0.15, 0.2) is 0 Å². The molecule has 0 N–H and O–H groups in total. The molecule has 0 aliphatic carbocycles. The zero-order valence-electron chi connectivity index (χ0n) is 18.0. The van der Waals surface area contributed by atoms with Crippen molar-refractivity contribution >= 4 is 17.5 Å². The quantitative estimate of drug-likeness (QED) is 0.346. The van der Waals surface area contributed by atoms with E-state index in [4.69, 9.17) is 16.3 Å². The fourth-order valence-electron chi connectivity index (χ4n) is 3.27. The molecule has 1 aromatic heterocycles. The van der Waals surface area contributed by atoms with Crippen LogP contribution in [-0.2, 0) is 0 Å². The topological polar surface area (TPSA) is 51.1 Å². The predicted octanol–water partition coefficient (Wildman–Crippen LogP) is 5.87. The normalized spacial score (nSPS) is 14.6. The number of aromatic nitrogens is 3. The van der Waals surface area contributed by atoms with Crippen LogP contribution in [0, 0.1) is 5.92 Å². The number of rotatable bonds is 15. The smallest absolute Gasteiger partial charge is 0.321 e. The van der Waals surface area contributed by atoms with Crippen LogP contribution < -0.4 is 9.64 Å². The third kappa shape index (κ3) is 8.63. The number of nitrogens with zero attached hydrogens (tertiary/aromatic N) is 4. The lowest BCUT2D eigenvalue weighted by atomic mass is 9.95. The van der Waals surface area contributed by atoms with Crippen LogP contribution in [-0.4, -0.2) is 39.5 Å². The minimum Gasteiger partial charge on any atom is -0.464 e. The Kier molecular flexibility index (Phi) is 11.7. The van der Waals surface area contributed by atoms with Crippen molar-refractivity contribution in [3.05, 3.63) is 6.33 Å². The van der Waals surface area contributed by atoms with Crippen molar-refractivity contribution < 1.29 is 4.74 Å². The molecule has 0 aliphatic rings. The molecule has 0 saturated carbocycles. The highest BCUT2D eigenvalue weighted by Crippen LogP contribution is 2.30. The van der Waals surface area contributed by atoms with Crippen molar-refractivity contribution in [2.24, 2.45) is 5.92 Å². The lowest BCUT2D eigenvalue weighted by Gasteiger charge is -2.35. The lowest BCUT2D eigenvalue weighted by Crippen LogP contribution is -2.42. The van der Waals surface area contributed by atoms with E-state index in [0.29, 0.717) is 24.5 Å². The largest absolute Gasteiger partial charge is 0.464 e. The second-order valence-electron chi connectivity index (χ2n) is 7.41. The van der Waals surface area contributed by atoms with Crippen LogP contribution >= 0.6 is 11.6 Å². The number of alkyl halides is 1. The van der Waals surface area contributed by atoms with Crippen LogP contribution in [0.2, 0.25) is 0 Å². The minimum absolute atomic E-state index is 0.253. The van der Waals surface area contributed by atoms with Gasteiger partial charge in [-0.15, -0.1) is 11.6 Å². The molecule has 0 aliphatic heterocycles. The zero-order valence-corrected chi connectivity index (χ0v) is 18.8. The van der Waals surface area contributed by atoms with Gasteiger partial charge in [-0.05, 0) is 32.1 Å². The molecule has 0 radical (unpaired) electrons. The van der Waals surface area contributed by atoms with E-state index in [0.717, 1.165) is 45.2 Å². The maximum absolute atomic E-state index is 7.03. The van der Waals surface area contributed by atoms with Gasteiger partial charge in [-0.1, -0.05) is 59.8 Å². The van der Waals surface area contributed by atoms with Crippen LogP contribution in [0.5, 0.6) is 6.01 Å². The highest BCUT2D eigenvalue weighted by atomic mass is 35.5. The molecule has 2 unspecified atom stereocenters. The summed E-state index contributed by atoms with van der Waals surface area (Å²) in [6.07, 6.45) is 10.6. The molecule has 5 nitrogen and oxygen atoms in total. The Morgan fingerprint density at radius 2 is 1.85 bits per heavy atom. The van der Waals surface area contributed by atoms with Crippen LogP contribution in [0.3, 0.4) is 0 Å². The van der Waals surface area contributed by atoms with Crippen LogP contribution in [0.15, 0.2) is 6.33 Å². The Bertz CT molecular complexity index is 517. The standard InChI is InChI=1S/C21H39ClN4O/c1-6-11-13-18(8-3)15-26(16-21(22,9-4)14-12-7-2)19-23-17-24-20(25-19)27-10-5/h17-18H,6-16H2,1-5H3. The Balaban J connectivity index is 3.05. The van der Waals surface area contributed by atoms with Crippen molar-refractivity contribution in [1.82, 2.24) is 15.0 Å². The molecule has 0 amide bonds. The van der Waals surface area contributed by atoms with E-state index in [1.807, 2.05) is 6.92 Å². The highest BCUT2D eigenvalue weighted by Gasteiger charge is 2.30. The summed E-state index contributed by atoms with van der Waals surface area (Å²) < 4.78 is 5.49. The van der Waals surface area contributed by atoms with Gasteiger partial charge in [-0.2, -0.15) is 9.97 Å². The first-order valence-corrected chi connectivity index (χ1v) is 11.1. The lowest BCUT2D eigenvalue weighted by molar-refractivity contribution is 0.310. The van der Waals surface area contributed by atoms with Gasteiger partial charge in [0.1, 0.15) is 6.33 Å². The molecule has 6 heteroatoms. The van der Waals surface area contributed by atoms with Crippen LogP contribution in [0.1, 0.15) is 86.0 Å². The number of halogens is 1. The number of ether oxygens (including phenoxy) is 1. The van der Waals surface area contributed by atoms with Gasteiger partial charge < -0.3 is 9.64 Å². The third-order valence-electron chi connectivity index (χ3n) is 5.20. The number of unbranched alkanes of at least 4 members (excludes halogenated alkanes) is 2. The van der Waals surface area contributed by atoms with E-state index in [2.05, 4.69) is 47.5 Å². The summed E-state index contributed by atoms with van der Waals surface area (Å²) >= 11 is 7.03. The van der Waals surface area contributed by atoms with Gasteiger partial charge in [0.25, 0.3) is 0 Å². The molecule has 1 rings (SSSR count). The highest BCUT2D eigenvalue weighted by molar-refractivity contribution is 6.24. The average Bonchev–Trinajstić information content (AvgIpc) is 2.69. The molecule has 0 spiro atoms. The molecule has 1 heterocycles. The van der Waals surface area contributed by atoms with Gasteiger partial charge in [0.05, 0.1) is 11.5 Å².